The standard InChI is InChI=1S/C17H17F3N4O2/c1-3-15(25)24-14-8-11(7-10(2)22-14)16(26)21-9-12-5-4-6-13(23-12)17(18,19)20/h4-8H,3,9H2,1-2H3,(H,21,26)(H,22,24,25). The Kier molecular flexibility index (Phi) is 5.91. The summed E-state index contributed by atoms with van der Waals surface area (Å²) in [6, 6.07) is 6.39. The van der Waals surface area contributed by atoms with Crippen LogP contribution in [-0.4, -0.2) is 21.8 Å². The fourth-order valence-corrected chi connectivity index (χ4v) is 2.10. The van der Waals surface area contributed by atoms with Gasteiger partial charge in [0.2, 0.25) is 5.91 Å². The molecule has 0 aromatic carbocycles. The van der Waals surface area contributed by atoms with Crippen molar-refractivity contribution < 1.29 is 22.8 Å². The molecular weight excluding hydrogens is 349 g/mol. The summed E-state index contributed by atoms with van der Waals surface area (Å²) in [4.78, 5) is 31.3. The predicted molar refractivity (Wildman–Crippen MR) is 88.3 cm³/mol. The molecule has 2 aromatic heterocycles. The van der Waals surface area contributed by atoms with Gasteiger partial charge in [-0.2, -0.15) is 13.2 Å². The van der Waals surface area contributed by atoms with Gasteiger partial charge in [0, 0.05) is 17.7 Å². The van der Waals surface area contributed by atoms with Crippen molar-refractivity contribution in [2.24, 2.45) is 0 Å². The average Bonchev–Trinajstić information content (AvgIpc) is 2.58. The van der Waals surface area contributed by atoms with E-state index < -0.39 is 17.8 Å². The summed E-state index contributed by atoms with van der Waals surface area (Å²) in [6.07, 6.45) is -4.28. The molecule has 0 saturated heterocycles. The molecule has 0 saturated carbocycles. The van der Waals surface area contributed by atoms with Gasteiger partial charge in [-0.1, -0.05) is 13.0 Å². The van der Waals surface area contributed by atoms with Crippen LogP contribution in [0.2, 0.25) is 0 Å². The first kappa shape index (κ1) is 19.4. The third-order valence-corrected chi connectivity index (χ3v) is 3.33. The van der Waals surface area contributed by atoms with Gasteiger partial charge in [0.1, 0.15) is 11.5 Å². The minimum atomic E-state index is -4.55. The van der Waals surface area contributed by atoms with Crippen LogP contribution in [-0.2, 0) is 17.5 Å². The maximum atomic E-state index is 12.7. The zero-order valence-corrected chi connectivity index (χ0v) is 14.1. The Hall–Kier alpha value is -2.97. The molecule has 9 heteroatoms. The van der Waals surface area contributed by atoms with Gasteiger partial charge in [-0.15, -0.1) is 0 Å². The van der Waals surface area contributed by atoms with E-state index in [1.807, 2.05) is 0 Å². The average molecular weight is 366 g/mol. The number of carbonyl (C=O) groups excluding carboxylic acids is 2. The zero-order valence-electron chi connectivity index (χ0n) is 14.1. The number of aryl methyl sites for hydroxylation is 1. The SMILES string of the molecule is CCC(=O)Nc1cc(C(=O)NCc2cccc(C(F)(F)F)n2)cc(C)n1. The van der Waals surface area contributed by atoms with Gasteiger partial charge in [0.25, 0.3) is 5.91 Å². The summed E-state index contributed by atoms with van der Waals surface area (Å²) in [5.41, 5.74) is -0.191. The Morgan fingerprint density at radius 1 is 1.15 bits per heavy atom. The summed E-state index contributed by atoms with van der Waals surface area (Å²) in [7, 11) is 0. The minimum Gasteiger partial charge on any atom is -0.346 e. The Balaban J connectivity index is 2.10. The lowest BCUT2D eigenvalue weighted by Gasteiger charge is -2.10. The van der Waals surface area contributed by atoms with Crippen molar-refractivity contribution in [3.05, 3.63) is 53.0 Å². The molecule has 138 valence electrons. The van der Waals surface area contributed by atoms with Crippen LogP contribution in [0, 0.1) is 6.92 Å². The third-order valence-electron chi connectivity index (χ3n) is 3.33. The highest BCUT2D eigenvalue weighted by Crippen LogP contribution is 2.27. The molecule has 0 fully saturated rings. The molecule has 0 spiro atoms. The molecule has 0 aliphatic rings. The second-order valence-electron chi connectivity index (χ2n) is 5.48. The molecular formula is C17H17F3N4O2. The number of rotatable bonds is 5. The van der Waals surface area contributed by atoms with Crippen molar-refractivity contribution in [3.8, 4) is 0 Å². The second-order valence-corrected chi connectivity index (χ2v) is 5.48. The predicted octanol–water partition coefficient (Wildman–Crippen LogP) is 3.08. The smallest absolute Gasteiger partial charge is 0.346 e. The number of amides is 2. The van der Waals surface area contributed by atoms with Crippen molar-refractivity contribution in [3.63, 3.8) is 0 Å². The number of anilines is 1. The van der Waals surface area contributed by atoms with Gasteiger partial charge in [0.15, 0.2) is 0 Å². The van der Waals surface area contributed by atoms with Crippen molar-refractivity contribution in [1.29, 1.82) is 0 Å². The van der Waals surface area contributed by atoms with Crippen LogP contribution in [0.4, 0.5) is 19.0 Å². The van der Waals surface area contributed by atoms with Crippen LogP contribution < -0.4 is 10.6 Å². The monoisotopic (exact) mass is 366 g/mol. The topological polar surface area (TPSA) is 84.0 Å². The van der Waals surface area contributed by atoms with Gasteiger partial charge in [-0.05, 0) is 31.2 Å². The van der Waals surface area contributed by atoms with E-state index in [0.717, 1.165) is 6.07 Å². The molecule has 0 aliphatic carbocycles. The highest BCUT2D eigenvalue weighted by atomic mass is 19.4. The Morgan fingerprint density at radius 3 is 2.54 bits per heavy atom. The number of pyridine rings is 2. The highest BCUT2D eigenvalue weighted by Gasteiger charge is 2.32. The van der Waals surface area contributed by atoms with Crippen LogP contribution in [0.25, 0.3) is 0 Å². The fraction of sp³-hybridized carbons (Fsp3) is 0.294. The summed E-state index contributed by atoms with van der Waals surface area (Å²) in [6.45, 7) is 3.17. The molecule has 2 aromatic rings. The van der Waals surface area contributed by atoms with E-state index in [4.69, 9.17) is 0 Å². The van der Waals surface area contributed by atoms with E-state index in [9.17, 15) is 22.8 Å². The molecule has 2 amide bonds. The quantitative estimate of drug-likeness (QED) is 0.852. The van der Waals surface area contributed by atoms with Crippen molar-refractivity contribution in [1.82, 2.24) is 15.3 Å². The van der Waals surface area contributed by atoms with Crippen LogP contribution in [0.15, 0.2) is 30.3 Å². The first-order chi connectivity index (χ1) is 12.2. The number of nitrogens with one attached hydrogen (secondary N) is 2. The lowest BCUT2D eigenvalue weighted by atomic mass is 10.2. The molecule has 0 atom stereocenters. The van der Waals surface area contributed by atoms with Crippen molar-refractivity contribution in [2.45, 2.75) is 33.0 Å². The molecule has 0 bridgehead atoms. The fourth-order valence-electron chi connectivity index (χ4n) is 2.10. The van der Waals surface area contributed by atoms with E-state index in [0.29, 0.717) is 5.69 Å². The van der Waals surface area contributed by atoms with Crippen molar-refractivity contribution in [2.75, 3.05) is 5.32 Å². The Labute approximate surface area is 147 Å². The number of carbonyl (C=O) groups is 2. The number of alkyl halides is 3. The molecule has 2 rings (SSSR count). The number of nitrogens with zero attached hydrogens (tertiary/aromatic N) is 2. The third kappa shape index (κ3) is 5.27. The minimum absolute atomic E-state index is 0.0819. The molecule has 2 N–H and O–H groups in total. The molecule has 26 heavy (non-hydrogen) atoms. The van der Waals surface area contributed by atoms with E-state index in [2.05, 4.69) is 20.6 Å². The zero-order chi connectivity index (χ0) is 19.3. The number of aromatic nitrogens is 2. The van der Waals surface area contributed by atoms with Crippen LogP contribution in [0.5, 0.6) is 0 Å². The molecule has 0 radical (unpaired) electrons. The normalized spacial score (nSPS) is 11.1. The van der Waals surface area contributed by atoms with Gasteiger partial charge in [-0.25, -0.2) is 9.97 Å². The number of hydrogen-bond acceptors (Lipinski definition) is 4. The van der Waals surface area contributed by atoms with Gasteiger partial charge >= 0.3 is 6.18 Å². The molecule has 0 aliphatic heterocycles. The lowest BCUT2D eigenvalue weighted by Crippen LogP contribution is -2.24. The maximum absolute atomic E-state index is 12.7. The molecule has 0 unspecified atom stereocenters. The lowest BCUT2D eigenvalue weighted by molar-refractivity contribution is -0.141. The highest BCUT2D eigenvalue weighted by molar-refractivity contribution is 5.96. The largest absolute Gasteiger partial charge is 0.433 e. The van der Waals surface area contributed by atoms with E-state index in [1.165, 1.54) is 24.3 Å². The van der Waals surface area contributed by atoms with Crippen LogP contribution in [0.3, 0.4) is 0 Å². The summed E-state index contributed by atoms with van der Waals surface area (Å²) in [5.74, 6) is -0.525. The van der Waals surface area contributed by atoms with Crippen LogP contribution in [0.1, 0.15) is 40.8 Å². The Morgan fingerprint density at radius 2 is 1.88 bits per heavy atom. The van der Waals surface area contributed by atoms with Gasteiger partial charge in [0.05, 0.1) is 12.2 Å². The maximum Gasteiger partial charge on any atom is 0.433 e. The second kappa shape index (κ2) is 7.94. The summed E-state index contributed by atoms with van der Waals surface area (Å²) in [5, 5.41) is 5.06. The first-order valence-electron chi connectivity index (χ1n) is 7.79. The Bertz CT molecular complexity index is 822. The molecule has 2 heterocycles. The van der Waals surface area contributed by atoms with Gasteiger partial charge < -0.3 is 10.6 Å². The van der Waals surface area contributed by atoms with E-state index in [1.54, 1.807) is 13.8 Å². The summed E-state index contributed by atoms with van der Waals surface area (Å²) < 4.78 is 38.0. The first-order valence-corrected chi connectivity index (χ1v) is 7.79. The number of halogens is 3. The van der Waals surface area contributed by atoms with Crippen LogP contribution >= 0.6 is 0 Å². The summed E-state index contributed by atoms with van der Waals surface area (Å²) >= 11 is 0. The van der Waals surface area contributed by atoms with E-state index >= 15 is 0 Å². The number of hydrogen-bond donors (Lipinski definition) is 2. The molecule has 6 nitrogen and oxygen atoms in total. The van der Waals surface area contributed by atoms with Gasteiger partial charge in [-0.3, -0.25) is 9.59 Å². The van der Waals surface area contributed by atoms with E-state index in [-0.39, 0.29) is 35.9 Å². The van der Waals surface area contributed by atoms with Crippen molar-refractivity contribution >= 4 is 17.6 Å².